The van der Waals surface area contributed by atoms with Crippen molar-refractivity contribution in [3.63, 3.8) is 0 Å². The lowest BCUT2D eigenvalue weighted by atomic mass is 9.70. The maximum Gasteiger partial charge on any atom is 0.126 e. The number of hydrogen-bond acceptors (Lipinski definition) is 5. The molecule has 2 heterocycles. The van der Waals surface area contributed by atoms with Gasteiger partial charge in [-0.05, 0) is 38.0 Å². The molecule has 2 aliphatic rings. The number of anilines is 1. The largest absolute Gasteiger partial charge is 0.384 e. The third-order valence-corrected chi connectivity index (χ3v) is 4.80. The van der Waals surface area contributed by atoms with Crippen LogP contribution in [0.1, 0.15) is 43.7 Å². The molecule has 3 rings (SSSR count). The molecule has 1 saturated heterocycles. The molecular weight excluding hydrogens is 242 g/mol. The van der Waals surface area contributed by atoms with Crippen molar-refractivity contribution in [3.8, 4) is 0 Å². The second-order valence-corrected chi connectivity index (χ2v) is 5.89. The van der Waals surface area contributed by atoms with Gasteiger partial charge >= 0.3 is 0 Å². The number of hydrazine groups is 1. The fourth-order valence-electron chi connectivity index (χ4n) is 3.45. The van der Waals surface area contributed by atoms with Gasteiger partial charge in [0.2, 0.25) is 0 Å². The molecule has 19 heavy (non-hydrogen) atoms. The number of nitrogens with zero attached hydrogens (tertiary/aromatic N) is 2. The quantitative estimate of drug-likeness (QED) is 0.557. The lowest BCUT2D eigenvalue weighted by molar-refractivity contribution is -0.147. The maximum absolute atomic E-state index is 6.07. The Morgan fingerprint density at radius 3 is 2.89 bits per heavy atom. The second kappa shape index (κ2) is 4.77. The van der Waals surface area contributed by atoms with Crippen LogP contribution in [0, 0.1) is 5.92 Å². The predicted molar refractivity (Wildman–Crippen MR) is 72.9 cm³/mol. The molecular formula is C13H23N5O. The van der Waals surface area contributed by atoms with Crippen molar-refractivity contribution in [3.05, 3.63) is 11.8 Å². The molecule has 6 heteroatoms. The summed E-state index contributed by atoms with van der Waals surface area (Å²) in [6.07, 6.45) is 7.55. The van der Waals surface area contributed by atoms with Gasteiger partial charge in [0.1, 0.15) is 5.82 Å². The lowest BCUT2D eigenvalue weighted by Crippen LogP contribution is -2.48. The Morgan fingerprint density at radius 1 is 1.58 bits per heavy atom. The van der Waals surface area contributed by atoms with Crippen LogP contribution in [0.2, 0.25) is 0 Å². The molecule has 2 atom stereocenters. The number of rotatable bonds is 3. The van der Waals surface area contributed by atoms with Gasteiger partial charge in [-0.2, -0.15) is 5.10 Å². The van der Waals surface area contributed by atoms with E-state index in [0.717, 1.165) is 25.0 Å². The third-order valence-electron chi connectivity index (χ3n) is 4.80. The normalized spacial score (nSPS) is 27.2. The molecule has 1 spiro atoms. The summed E-state index contributed by atoms with van der Waals surface area (Å²) in [5.41, 5.74) is 10.1. The smallest absolute Gasteiger partial charge is 0.126 e. The molecule has 6 nitrogen and oxygen atoms in total. The SMILES string of the molecule is Cn1ncc(C(NN)C2CCOC3(CCC3)C2)c1N. The molecule has 0 radical (unpaired) electrons. The lowest BCUT2D eigenvalue weighted by Gasteiger charge is -2.48. The van der Waals surface area contributed by atoms with E-state index in [0.29, 0.717) is 11.7 Å². The average Bonchev–Trinajstić information content (AvgIpc) is 2.71. The molecule has 5 N–H and O–H groups in total. The number of hydrogen-bond donors (Lipinski definition) is 3. The van der Waals surface area contributed by atoms with Gasteiger partial charge in [-0.15, -0.1) is 0 Å². The molecule has 0 aromatic carbocycles. The van der Waals surface area contributed by atoms with Crippen molar-refractivity contribution >= 4 is 5.82 Å². The average molecular weight is 265 g/mol. The van der Waals surface area contributed by atoms with Crippen molar-refractivity contribution < 1.29 is 4.74 Å². The highest BCUT2D eigenvalue weighted by atomic mass is 16.5. The van der Waals surface area contributed by atoms with E-state index < -0.39 is 0 Å². The number of nitrogen functional groups attached to an aromatic ring is 1. The molecule has 1 aliphatic heterocycles. The zero-order valence-electron chi connectivity index (χ0n) is 11.4. The van der Waals surface area contributed by atoms with E-state index in [9.17, 15) is 0 Å². The molecule has 1 saturated carbocycles. The van der Waals surface area contributed by atoms with E-state index >= 15 is 0 Å². The van der Waals surface area contributed by atoms with Crippen molar-refractivity contribution in [2.75, 3.05) is 12.3 Å². The summed E-state index contributed by atoms with van der Waals surface area (Å²) >= 11 is 0. The summed E-state index contributed by atoms with van der Waals surface area (Å²) in [6.45, 7) is 0.822. The highest BCUT2D eigenvalue weighted by molar-refractivity contribution is 5.41. The number of aryl methyl sites for hydroxylation is 1. The third kappa shape index (κ3) is 2.13. The van der Waals surface area contributed by atoms with Crippen LogP contribution in [0.4, 0.5) is 5.82 Å². The van der Waals surface area contributed by atoms with Crippen molar-refractivity contribution in [1.29, 1.82) is 0 Å². The monoisotopic (exact) mass is 265 g/mol. The zero-order valence-corrected chi connectivity index (χ0v) is 11.4. The molecule has 2 fully saturated rings. The number of ether oxygens (including phenoxy) is 1. The maximum atomic E-state index is 6.07. The minimum absolute atomic E-state index is 0.0649. The van der Waals surface area contributed by atoms with Crippen LogP contribution in [0.3, 0.4) is 0 Å². The van der Waals surface area contributed by atoms with Crippen LogP contribution in [-0.4, -0.2) is 22.0 Å². The Bertz CT molecular complexity index is 454. The van der Waals surface area contributed by atoms with Gasteiger partial charge in [0, 0.05) is 19.2 Å². The van der Waals surface area contributed by atoms with E-state index in [1.165, 1.54) is 19.3 Å². The van der Waals surface area contributed by atoms with Crippen molar-refractivity contribution in [2.45, 2.75) is 43.7 Å². The van der Waals surface area contributed by atoms with Gasteiger partial charge in [0.25, 0.3) is 0 Å². The Balaban J connectivity index is 1.80. The highest BCUT2D eigenvalue weighted by Gasteiger charge is 2.44. The highest BCUT2D eigenvalue weighted by Crippen LogP contribution is 2.47. The topological polar surface area (TPSA) is 91.1 Å². The summed E-state index contributed by atoms with van der Waals surface area (Å²) in [5, 5.41) is 4.22. The van der Waals surface area contributed by atoms with E-state index in [1.54, 1.807) is 4.68 Å². The number of nitrogens with one attached hydrogen (secondary N) is 1. The molecule has 0 bridgehead atoms. The van der Waals surface area contributed by atoms with Gasteiger partial charge in [-0.3, -0.25) is 16.0 Å². The molecule has 1 aliphatic carbocycles. The standard InChI is InChI=1S/C13H23N5O/c1-18-12(14)10(8-16-18)11(17-15)9-3-6-19-13(7-9)4-2-5-13/h8-9,11,17H,2-7,14-15H2,1H3. The van der Waals surface area contributed by atoms with E-state index in [4.69, 9.17) is 16.3 Å². The first-order chi connectivity index (χ1) is 9.15. The number of aromatic nitrogens is 2. The van der Waals surface area contributed by atoms with Gasteiger partial charge in [0.05, 0.1) is 17.8 Å². The van der Waals surface area contributed by atoms with Crippen molar-refractivity contribution in [1.82, 2.24) is 15.2 Å². The molecule has 1 aromatic rings. The van der Waals surface area contributed by atoms with Gasteiger partial charge in [0.15, 0.2) is 0 Å². The Kier molecular flexibility index (Phi) is 3.24. The van der Waals surface area contributed by atoms with E-state index in [2.05, 4.69) is 10.5 Å². The molecule has 2 unspecified atom stereocenters. The molecule has 1 aromatic heterocycles. The van der Waals surface area contributed by atoms with Crippen LogP contribution < -0.4 is 17.0 Å². The number of nitrogens with two attached hydrogens (primary N) is 2. The summed E-state index contributed by atoms with van der Waals surface area (Å²) in [7, 11) is 1.85. The van der Waals surface area contributed by atoms with E-state index in [-0.39, 0.29) is 11.6 Å². The first-order valence-electron chi connectivity index (χ1n) is 7.03. The molecule has 106 valence electrons. The summed E-state index contributed by atoms with van der Waals surface area (Å²) in [4.78, 5) is 0. The fraction of sp³-hybridized carbons (Fsp3) is 0.769. The van der Waals surface area contributed by atoms with Crippen LogP contribution >= 0.6 is 0 Å². The van der Waals surface area contributed by atoms with Crippen LogP contribution in [0.25, 0.3) is 0 Å². The van der Waals surface area contributed by atoms with Crippen LogP contribution in [0.5, 0.6) is 0 Å². The van der Waals surface area contributed by atoms with Gasteiger partial charge in [-0.1, -0.05) is 0 Å². The predicted octanol–water partition coefficient (Wildman–Crippen LogP) is 0.856. The zero-order chi connectivity index (χ0) is 13.5. The summed E-state index contributed by atoms with van der Waals surface area (Å²) in [6, 6.07) is 0.0649. The Hall–Kier alpha value is -1.11. The van der Waals surface area contributed by atoms with Gasteiger partial charge < -0.3 is 10.5 Å². The minimum Gasteiger partial charge on any atom is -0.384 e. The van der Waals surface area contributed by atoms with E-state index in [1.807, 2.05) is 13.2 Å². The summed E-state index contributed by atoms with van der Waals surface area (Å²) < 4.78 is 7.67. The van der Waals surface area contributed by atoms with Crippen molar-refractivity contribution in [2.24, 2.45) is 18.8 Å². The van der Waals surface area contributed by atoms with Crippen LogP contribution in [-0.2, 0) is 11.8 Å². The fourth-order valence-corrected chi connectivity index (χ4v) is 3.45. The Morgan fingerprint density at radius 2 is 2.37 bits per heavy atom. The summed E-state index contributed by atoms with van der Waals surface area (Å²) in [5.74, 6) is 6.93. The first-order valence-corrected chi connectivity index (χ1v) is 7.03. The first kappa shape index (κ1) is 12.9. The van der Waals surface area contributed by atoms with Gasteiger partial charge in [-0.25, -0.2) is 0 Å². The second-order valence-electron chi connectivity index (χ2n) is 5.89. The van der Waals surface area contributed by atoms with Crippen LogP contribution in [0.15, 0.2) is 6.20 Å². The molecule has 0 amide bonds. The Labute approximate surface area is 113 Å². The minimum atomic E-state index is 0.0649.